The Bertz CT molecular complexity index is 800. The maximum atomic E-state index is 14.0. The minimum atomic E-state index is -1.10. The second-order valence-electron chi connectivity index (χ2n) is 6.26. The molecule has 1 aliphatic rings. The Morgan fingerprint density at radius 1 is 1.40 bits per heavy atom. The molecule has 1 saturated carbocycles. The van der Waals surface area contributed by atoms with Crippen molar-refractivity contribution in [3.05, 3.63) is 59.4 Å². The van der Waals surface area contributed by atoms with Gasteiger partial charge >= 0.3 is 0 Å². The molecular formula is C18H18F2N2O3. The molecule has 0 saturated heterocycles. The molecular weight excluding hydrogens is 330 g/mol. The van der Waals surface area contributed by atoms with Gasteiger partial charge in [-0.1, -0.05) is 12.1 Å². The van der Waals surface area contributed by atoms with Crippen molar-refractivity contribution in [1.29, 1.82) is 0 Å². The summed E-state index contributed by atoms with van der Waals surface area (Å²) in [5, 5.41) is 9.20. The number of carbonyl (C=O) groups is 1. The maximum Gasteiger partial charge on any atom is 0.254 e. The van der Waals surface area contributed by atoms with Crippen LogP contribution in [0.25, 0.3) is 0 Å². The number of ether oxygens (including phenoxy) is 1. The van der Waals surface area contributed by atoms with Gasteiger partial charge in [-0.05, 0) is 37.0 Å². The molecule has 132 valence electrons. The van der Waals surface area contributed by atoms with E-state index in [4.69, 9.17) is 4.74 Å². The Morgan fingerprint density at radius 3 is 2.92 bits per heavy atom. The number of carbonyl (C=O) groups excluding carboxylic acids is 1. The Morgan fingerprint density at radius 2 is 2.20 bits per heavy atom. The number of amides is 1. The average molecular weight is 348 g/mol. The van der Waals surface area contributed by atoms with Gasteiger partial charge in [0.15, 0.2) is 0 Å². The highest BCUT2D eigenvalue weighted by Gasteiger charge is 2.48. The molecule has 1 amide bonds. The first-order valence-electron chi connectivity index (χ1n) is 7.93. The van der Waals surface area contributed by atoms with Crippen LogP contribution in [0.4, 0.5) is 8.78 Å². The molecule has 5 nitrogen and oxygen atoms in total. The molecule has 1 aromatic carbocycles. The van der Waals surface area contributed by atoms with Crippen molar-refractivity contribution >= 4 is 5.91 Å². The molecule has 0 spiro atoms. The van der Waals surface area contributed by atoms with Crippen molar-refractivity contribution in [2.75, 3.05) is 0 Å². The Hall–Kier alpha value is -2.54. The van der Waals surface area contributed by atoms with Crippen LogP contribution >= 0.6 is 0 Å². The third kappa shape index (κ3) is 3.19. The summed E-state index contributed by atoms with van der Waals surface area (Å²) in [7, 11) is 0. The van der Waals surface area contributed by atoms with Crippen LogP contribution in [-0.2, 0) is 10.2 Å². The van der Waals surface area contributed by atoms with Crippen LogP contribution < -0.4 is 10.2 Å². The topological polar surface area (TPSA) is 71.5 Å². The maximum absolute atomic E-state index is 14.0. The van der Waals surface area contributed by atoms with E-state index in [1.807, 2.05) is 0 Å². The van der Waals surface area contributed by atoms with E-state index in [-0.39, 0.29) is 18.3 Å². The zero-order valence-electron chi connectivity index (χ0n) is 13.6. The van der Waals surface area contributed by atoms with Crippen LogP contribution in [0, 0.1) is 18.6 Å². The quantitative estimate of drug-likeness (QED) is 0.658. The van der Waals surface area contributed by atoms with E-state index >= 15 is 0 Å². The zero-order valence-corrected chi connectivity index (χ0v) is 13.6. The fraction of sp³-hybridized carbons (Fsp3) is 0.333. The number of hydroxylamine groups is 1. The van der Waals surface area contributed by atoms with E-state index in [0.29, 0.717) is 24.0 Å². The number of aromatic nitrogens is 1. The first-order chi connectivity index (χ1) is 12.0. The zero-order chi connectivity index (χ0) is 18.0. The summed E-state index contributed by atoms with van der Waals surface area (Å²) in [5.41, 5.74) is 1.47. The van der Waals surface area contributed by atoms with E-state index < -0.39 is 23.0 Å². The summed E-state index contributed by atoms with van der Waals surface area (Å²) >= 11 is 0. The first-order valence-corrected chi connectivity index (χ1v) is 7.93. The number of nitrogens with zero attached hydrogens (tertiary/aromatic N) is 1. The van der Waals surface area contributed by atoms with Crippen LogP contribution in [0.15, 0.2) is 36.7 Å². The molecule has 3 rings (SSSR count). The van der Waals surface area contributed by atoms with Gasteiger partial charge in [0, 0.05) is 12.5 Å². The molecule has 0 radical (unpaired) electrons. The third-order valence-electron chi connectivity index (χ3n) is 4.77. The van der Waals surface area contributed by atoms with Crippen LogP contribution in [0.3, 0.4) is 0 Å². The normalized spacial score (nSPS) is 22.6. The van der Waals surface area contributed by atoms with E-state index in [2.05, 4.69) is 4.98 Å². The lowest BCUT2D eigenvalue weighted by Gasteiger charge is -2.29. The molecule has 0 aliphatic heterocycles. The predicted octanol–water partition coefficient (Wildman–Crippen LogP) is 3.04. The summed E-state index contributed by atoms with van der Waals surface area (Å²) in [6.45, 7) is 1.60. The third-order valence-corrected chi connectivity index (χ3v) is 4.77. The molecule has 1 fully saturated rings. The SMILES string of the molecule is Cc1c(F)cccc1[C@]1(C(=O)NO)CCC(Oc2cncc(F)c2)C1. The molecule has 1 heterocycles. The fourth-order valence-electron chi connectivity index (χ4n) is 3.56. The first kappa shape index (κ1) is 17.3. The summed E-state index contributed by atoms with van der Waals surface area (Å²) in [4.78, 5) is 16.2. The van der Waals surface area contributed by atoms with Crippen LogP contribution in [0.1, 0.15) is 30.4 Å². The van der Waals surface area contributed by atoms with Gasteiger partial charge in [-0.3, -0.25) is 15.0 Å². The van der Waals surface area contributed by atoms with Crippen molar-refractivity contribution in [2.24, 2.45) is 0 Å². The minimum absolute atomic E-state index is 0.236. The predicted molar refractivity (Wildman–Crippen MR) is 85.2 cm³/mol. The van der Waals surface area contributed by atoms with Crippen LogP contribution in [0.5, 0.6) is 5.75 Å². The average Bonchev–Trinajstić information content (AvgIpc) is 3.01. The van der Waals surface area contributed by atoms with Crippen molar-refractivity contribution < 1.29 is 23.5 Å². The van der Waals surface area contributed by atoms with E-state index in [9.17, 15) is 18.8 Å². The fourth-order valence-corrected chi connectivity index (χ4v) is 3.56. The molecule has 2 atom stereocenters. The molecule has 1 unspecified atom stereocenters. The van der Waals surface area contributed by atoms with Gasteiger partial charge in [-0.25, -0.2) is 14.3 Å². The molecule has 2 N–H and O–H groups in total. The lowest BCUT2D eigenvalue weighted by Crippen LogP contribution is -2.42. The van der Waals surface area contributed by atoms with Crippen molar-refractivity contribution in [2.45, 2.75) is 37.7 Å². The number of halogens is 2. The number of hydrogen-bond donors (Lipinski definition) is 2. The summed E-state index contributed by atoms with van der Waals surface area (Å²) in [6.07, 6.45) is 3.18. The van der Waals surface area contributed by atoms with Gasteiger partial charge < -0.3 is 4.74 Å². The summed E-state index contributed by atoms with van der Waals surface area (Å²) in [5.74, 6) is -1.28. The van der Waals surface area contributed by atoms with E-state index in [1.165, 1.54) is 24.4 Å². The van der Waals surface area contributed by atoms with Gasteiger partial charge in [0.05, 0.1) is 17.8 Å². The number of benzene rings is 1. The second-order valence-corrected chi connectivity index (χ2v) is 6.26. The number of nitrogens with one attached hydrogen (secondary N) is 1. The highest BCUT2D eigenvalue weighted by molar-refractivity contribution is 5.88. The number of pyridine rings is 1. The standard InChI is InChI=1S/C18H18F2N2O3/c1-11-15(3-2-4-16(11)20)18(17(23)22-24)6-5-13(8-18)25-14-7-12(19)9-21-10-14/h2-4,7,9-10,13,24H,5-6,8H2,1H3,(H,22,23)/t13?,18-/m0/s1. The van der Waals surface area contributed by atoms with Gasteiger partial charge in [-0.2, -0.15) is 0 Å². The lowest BCUT2D eigenvalue weighted by atomic mass is 9.76. The van der Waals surface area contributed by atoms with Gasteiger partial charge in [0.1, 0.15) is 23.5 Å². The lowest BCUT2D eigenvalue weighted by molar-refractivity contribution is -0.135. The van der Waals surface area contributed by atoms with Gasteiger partial charge in [0.2, 0.25) is 0 Å². The van der Waals surface area contributed by atoms with Crippen molar-refractivity contribution in [3.63, 3.8) is 0 Å². The van der Waals surface area contributed by atoms with Crippen LogP contribution in [-0.4, -0.2) is 22.2 Å². The minimum Gasteiger partial charge on any atom is -0.489 e. The molecule has 2 aromatic rings. The number of rotatable bonds is 4. The smallest absolute Gasteiger partial charge is 0.254 e. The molecule has 25 heavy (non-hydrogen) atoms. The van der Waals surface area contributed by atoms with Crippen LogP contribution in [0.2, 0.25) is 0 Å². The Kier molecular flexibility index (Phi) is 4.67. The molecule has 1 aromatic heterocycles. The molecule has 1 aliphatic carbocycles. The summed E-state index contributed by atoms with van der Waals surface area (Å²) < 4.78 is 33.0. The van der Waals surface area contributed by atoms with Gasteiger partial charge in [0.25, 0.3) is 5.91 Å². The summed E-state index contributed by atoms with van der Waals surface area (Å²) in [6, 6.07) is 5.76. The Labute approximate surface area is 143 Å². The van der Waals surface area contributed by atoms with Crippen molar-refractivity contribution in [3.8, 4) is 5.75 Å². The largest absolute Gasteiger partial charge is 0.489 e. The molecule has 7 heteroatoms. The van der Waals surface area contributed by atoms with Crippen molar-refractivity contribution in [1.82, 2.24) is 10.5 Å². The second kappa shape index (κ2) is 6.76. The van der Waals surface area contributed by atoms with E-state index in [1.54, 1.807) is 18.5 Å². The number of hydrogen-bond acceptors (Lipinski definition) is 4. The monoisotopic (exact) mass is 348 g/mol. The van der Waals surface area contributed by atoms with E-state index in [0.717, 1.165) is 6.20 Å². The Balaban J connectivity index is 1.91. The molecule has 0 bridgehead atoms. The highest BCUT2D eigenvalue weighted by atomic mass is 19.1. The van der Waals surface area contributed by atoms with Gasteiger partial charge in [-0.15, -0.1) is 0 Å². The highest BCUT2D eigenvalue weighted by Crippen LogP contribution is 2.44.